The zero-order valence-corrected chi connectivity index (χ0v) is 12.6. The highest BCUT2D eigenvalue weighted by Crippen LogP contribution is 2.20. The molecule has 1 aromatic heterocycles. The van der Waals surface area contributed by atoms with Crippen molar-refractivity contribution >= 4 is 23.0 Å². The number of amides is 1. The minimum Gasteiger partial charge on any atom is -0.378 e. The van der Waals surface area contributed by atoms with Crippen LogP contribution < -0.4 is 5.32 Å². The highest BCUT2D eigenvalue weighted by atomic mass is 32.1. The number of hydrogen-bond acceptors (Lipinski definition) is 4. The number of rotatable bonds is 7. The SMILES string of the molecule is CC(=O)c1ccc(C(=O)NCCCOC2CCCC2)s1. The normalized spacial score (nSPS) is 15.4. The summed E-state index contributed by atoms with van der Waals surface area (Å²) in [4.78, 5) is 24.2. The molecule has 110 valence electrons. The van der Waals surface area contributed by atoms with Crippen LogP contribution in [0.2, 0.25) is 0 Å². The van der Waals surface area contributed by atoms with Gasteiger partial charge in [-0.3, -0.25) is 9.59 Å². The van der Waals surface area contributed by atoms with E-state index in [1.165, 1.54) is 43.9 Å². The molecule has 1 amide bonds. The fraction of sp³-hybridized carbons (Fsp3) is 0.600. The zero-order valence-electron chi connectivity index (χ0n) is 11.8. The molecule has 1 aliphatic rings. The lowest BCUT2D eigenvalue weighted by Crippen LogP contribution is -2.25. The highest BCUT2D eigenvalue weighted by Gasteiger charge is 2.15. The van der Waals surface area contributed by atoms with E-state index in [0.29, 0.717) is 29.0 Å². The summed E-state index contributed by atoms with van der Waals surface area (Å²) in [6, 6.07) is 3.40. The molecule has 1 aromatic rings. The van der Waals surface area contributed by atoms with Gasteiger partial charge in [-0.05, 0) is 38.3 Å². The molecule has 1 aliphatic carbocycles. The fourth-order valence-electron chi connectivity index (χ4n) is 2.32. The smallest absolute Gasteiger partial charge is 0.261 e. The van der Waals surface area contributed by atoms with Gasteiger partial charge in [0.25, 0.3) is 5.91 Å². The number of ketones is 1. The van der Waals surface area contributed by atoms with Crippen LogP contribution in [0.25, 0.3) is 0 Å². The second-order valence-electron chi connectivity index (χ2n) is 5.11. The summed E-state index contributed by atoms with van der Waals surface area (Å²) in [5.74, 6) is -0.109. The summed E-state index contributed by atoms with van der Waals surface area (Å²) in [5, 5.41) is 2.86. The second-order valence-corrected chi connectivity index (χ2v) is 6.19. The van der Waals surface area contributed by atoms with Crippen molar-refractivity contribution in [2.75, 3.05) is 13.2 Å². The van der Waals surface area contributed by atoms with Crippen molar-refractivity contribution in [1.82, 2.24) is 5.32 Å². The van der Waals surface area contributed by atoms with Crippen molar-refractivity contribution in [2.24, 2.45) is 0 Å². The molecule has 1 N–H and O–H groups in total. The first kappa shape index (κ1) is 15.2. The van der Waals surface area contributed by atoms with Gasteiger partial charge in [-0.25, -0.2) is 0 Å². The maximum atomic E-state index is 11.8. The molecular formula is C15H21NO3S. The largest absolute Gasteiger partial charge is 0.378 e. The zero-order chi connectivity index (χ0) is 14.4. The van der Waals surface area contributed by atoms with E-state index in [2.05, 4.69) is 5.32 Å². The fourth-order valence-corrected chi connectivity index (χ4v) is 3.13. The molecule has 1 fully saturated rings. The Kier molecular flexibility index (Phi) is 5.73. The first-order chi connectivity index (χ1) is 9.66. The van der Waals surface area contributed by atoms with Crippen LogP contribution in [0.15, 0.2) is 12.1 Å². The summed E-state index contributed by atoms with van der Waals surface area (Å²) >= 11 is 1.24. The minimum atomic E-state index is -0.108. The number of Topliss-reactive ketones (excluding diaryl/α,β-unsaturated/α-hetero) is 1. The topological polar surface area (TPSA) is 55.4 Å². The summed E-state index contributed by atoms with van der Waals surface area (Å²) in [6.07, 6.45) is 6.16. The third-order valence-electron chi connectivity index (χ3n) is 3.44. The van der Waals surface area contributed by atoms with Gasteiger partial charge in [-0.15, -0.1) is 11.3 Å². The van der Waals surface area contributed by atoms with Gasteiger partial charge in [0.1, 0.15) is 0 Å². The molecule has 0 atom stereocenters. The average molecular weight is 295 g/mol. The predicted molar refractivity (Wildman–Crippen MR) is 79.5 cm³/mol. The van der Waals surface area contributed by atoms with Crippen LogP contribution in [-0.4, -0.2) is 30.9 Å². The highest BCUT2D eigenvalue weighted by molar-refractivity contribution is 7.15. The molecule has 2 rings (SSSR count). The monoisotopic (exact) mass is 295 g/mol. The molecule has 20 heavy (non-hydrogen) atoms. The third kappa shape index (κ3) is 4.42. The van der Waals surface area contributed by atoms with E-state index < -0.39 is 0 Å². The van der Waals surface area contributed by atoms with E-state index in [9.17, 15) is 9.59 Å². The van der Waals surface area contributed by atoms with Gasteiger partial charge >= 0.3 is 0 Å². The number of carbonyl (C=O) groups is 2. The lowest BCUT2D eigenvalue weighted by atomic mass is 10.3. The van der Waals surface area contributed by atoms with Crippen molar-refractivity contribution in [3.05, 3.63) is 21.9 Å². The second kappa shape index (κ2) is 7.55. The van der Waals surface area contributed by atoms with Crippen LogP contribution in [0, 0.1) is 0 Å². The third-order valence-corrected chi connectivity index (χ3v) is 4.62. The Morgan fingerprint density at radius 3 is 2.65 bits per heavy atom. The molecule has 0 bridgehead atoms. The molecule has 0 spiro atoms. The quantitative estimate of drug-likeness (QED) is 0.621. The van der Waals surface area contributed by atoms with Crippen molar-refractivity contribution in [1.29, 1.82) is 0 Å². The van der Waals surface area contributed by atoms with E-state index >= 15 is 0 Å². The Morgan fingerprint density at radius 1 is 1.30 bits per heavy atom. The van der Waals surface area contributed by atoms with E-state index in [-0.39, 0.29) is 11.7 Å². The van der Waals surface area contributed by atoms with Crippen molar-refractivity contribution in [3.8, 4) is 0 Å². The first-order valence-corrected chi connectivity index (χ1v) is 7.99. The Bertz CT molecular complexity index is 463. The lowest BCUT2D eigenvalue weighted by molar-refractivity contribution is 0.0565. The van der Waals surface area contributed by atoms with E-state index in [0.717, 1.165) is 6.42 Å². The summed E-state index contributed by atoms with van der Waals surface area (Å²) < 4.78 is 5.73. The van der Waals surface area contributed by atoms with E-state index in [1.807, 2.05) is 0 Å². The van der Waals surface area contributed by atoms with Crippen molar-refractivity contribution in [3.63, 3.8) is 0 Å². The average Bonchev–Trinajstić information content (AvgIpc) is 3.09. The number of thiophene rings is 1. The Morgan fingerprint density at radius 2 is 2.00 bits per heavy atom. The van der Waals surface area contributed by atoms with E-state index in [1.54, 1.807) is 12.1 Å². The first-order valence-electron chi connectivity index (χ1n) is 7.17. The van der Waals surface area contributed by atoms with Gasteiger partial charge < -0.3 is 10.1 Å². The van der Waals surface area contributed by atoms with Gasteiger partial charge in [-0.1, -0.05) is 12.8 Å². The maximum Gasteiger partial charge on any atom is 0.261 e. The van der Waals surface area contributed by atoms with Crippen LogP contribution in [-0.2, 0) is 4.74 Å². The standard InChI is InChI=1S/C15H21NO3S/c1-11(17)13-7-8-14(20-13)15(18)16-9-4-10-19-12-5-2-3-6-12/h7-8,12H,2-6,9-10H2,1H3,(H,16,18). The molecule has 4 nitrogen and oxygen atoms in total. The van der Waals surface area contributed by atoms with Crippen LogP contribution in [0.4, 0.5) is 0 Å². The van der Waals surface area contributed by atoms with Crippen molar-refractivity contribution < 1.29 is 14.3 Å². The van der Waals surface area contributed by atoms with E-state index in [4.69, 9.17) is 4.74 Å². The van der Waals surface area contributed by atoms with Gasteiger partial charge in [0.15, 0.2) is 5.78 Å². The minimum absolute atomic E-state index is 0.000913. The van der Waals surface area contributed by atoms with Crippen LogP contribution >= 0.6 is 11.3 Å². The molecule has 0 radical (unpaired) electrons. The molecular weight excluding hydrogens is 274 g/mol. The van der Waals surface area contributed by atoms with Gasteiger partial charge in [0.2, 0.25) is 0 Å². The van der Waals surface area contributed by atoms with Crippen LogP contribution in [0.3, 0.4) is 0 Å². The van der Waals surface area contributed by atoms with Gasteiger partial charge in [0, 0.05) is 13.2 Å². The Balaban J connectivity index is 1.62. The molecule has 0 unspecified atom stereocenters. The predicted octanol–water partition coefficient (Wildman–Crippen LogP) is 3.03. The molecule has 5 heteroatoms. The van der Waals surface area contributed by atoms with Gasteiger partial charge in [0.05, 0.1) is 15.9 Å². The summed E-state index contributed by atoms with van der Waals surface area (Å²) in [6.45, 7) is 2.82. The van der Waals surface area contributed by atoms with Gasteiger partial charge in [-0.2, -0.15) is 0 Å². The number of carbonyl (C=O) groups excluding carboxylic acids is 2. The molecule has 1 saturated carbocycles. The van der Waals surface area contributed by atoms with Crippen LogP contribution in [0.1, 0.15) is 58.4 Å². The summed E-state index contributed by atoms with van der Waals surface area (Å²) in [7, 11) is 0. The lowest BCUT2D eigenvalue weighted by Gasteiger charge is -2.10. The molecule has 0 saturated heterocycles. The maximum absolute atomic E-state index is 11.8. The molecule has 1 heterocycles. The number of nitrogens with one attached hydrogen (secondary N) is 1. The Labute approximate surface area is 123 Å². The number of ether oxygens (including phenoxy) is 1. The molecule has 0 aliphatic heterocycles. The van der Waals surface area contributed by atoms with Crippen molar-refractivity contribution in [2.45, 2.75) is 45.1 Å². The molecule has 0 aromatic carbocycles. The van der Waals surface area contributed by atoms with Crippen LogP contribution in [0.5, 0.6) is 0 Å². The number of hydrogen-bond donors (Lipinski definition) is 1. The summed E-state index contributed by atoms with van der Waals surface area (Å²) in [5.41, 5.74) is 0. The Hall–Kier alpha value is -1.20.